The molecule has 1 aliphatic heterocycles. The van der Waals surface area contributed by atoms with Crippen LogP contribution in [0, 0.1) is 5.82 Å². The molecule has 0 atom stereocenters. The van der Waals surface area contributed by atoms with Crippen molar-refractivity contribution in [3.05, 3.63) is 35.1 Å². The Kier molecular flexibility index (Phi) is 5.06. The molecule has 1 saturated heterocycles. The molecule has 0 bridgehead atoms. The summed E-state index contributed by atoms with van der Waals surface area (Å²) in [5, 5.41) is 12.2. The van der Waals surface area contributed by atoms with Crippen molar-refractivity contribution in [1.29, 1.82) is 0 Å². The van der Waals surface area contributed by atoms with E-state index in [-0.39, 0.29) is 12.5 Å². The van der Waals surface area contributed by atoms with Gasteiger partial charge in [0.2, 0.25) is 5.91 Å². The number of aromatic hydroxyl groups is 1. The number of rotatable bonds is 4. The number of hydrogen-bond donors (Lipinski definition) is 2. The minimum absolute atomic E-state index is 0.181. The average Bonchev–Trinajstić information content (AvgIpc) is 2.67. The first-order chi connectivity index (χ1) is 11.0. The summed E-state index contributed by atoms with van der Waals surface area (Å²) in [6.07, 6.45) is 1.72. The van der Waals surface area contributed by atoms with Gasteiger partial charge in [-0.2, -0.15) is 0 Å². The molecule has 2 rings (SSSR count). The van der Waals surface area contributed by atoms with Crippen molar-refractivity contribution in [3.63, 3.8) is 0 Å². The Morgan fingerprint density at radius 1 is 1.29 bits per heavy atom. The highest BCUT2D eigenvalue weighted by Gasteiger charge is 2.52. The quantitative estimate of drug-likeness (QED) is 0.830. The van der Waals surface area contributed by atoms with Crippen molar-refractivity contribution in [1.82, 2.24) is 5.32 Å². The molecule has 1 aromatic rings. The van der Waals surface area contributed by atoms with Crippen molar-refractivity contribution >= 4 is 19.1 Å². The Morgan fingerprint density at radius 3 is 2.38 bits per heavy atom. The Morgan fingerprint density at radius 2 is 1.88 bits per heavy atom. The summed E-state index contributed by atoms with van der Waals surface area (Å²) in [6, 6.07) is 4.03. The molecule has 1 amide bonds. The third-order valence-electron chi connectivity index (χ3n) is 4.42. The third-order valence-corrected chi connectivity index (χ3v) is 4.42. The van der Waals surface area contributed by atoms with Crippen molar-refractivity contribution in [2.24, 2.45) is 0 Å². The van der Waals surface area contributed by atoms with Crippen LogP contribution in [0.5, 0.6) is 5.75 Å². The molecular formula is C17H23BFNO4. The standard InChI is InChI=1S/C17H23BFNO4/c1-11(21)20-10-13(8-12-6-7-14(19)15(22)9-12)18-23-16(2,3)17(4,5)24-18/h6-9,22H,10H2,1-5H3,(H,20,21). The molecule has 1 aliphatic rings. The highest BCUT2D eigenvalue weighted by molar-refractivity contribution is 6.56. The van der Waals surface area contributed by atoms with Gasteiger partial charge in [0.1, 0.15) is 0 Å². The normalized spacial score (nSPS) is 19.4. The minimum Gasteiger partial charge on any atom is -0.505 e. The summed E-state index contributed by atoms with van der Waals surface area (Å²) < 4.78 is 25.2. The molecule has 0 spiro atoms. The van der Waals surface area contributed by atoms with Gasteiger partial charge >= 0.3 is 7.12 Å². The van der Waals surface area contributed by atoms with E-state index < -0.39 is 29.9 Å². The Hall–Kier alpha value is -1.86. The number of benzene rings is 1. The van der Waals surface area contributed by atoms with Crippen molar-refractivity contribution in [3.8, 4) is 5.75 Å². The van der Waals surface area contributed by atoms with Gasteiger partial charge < -0.3 is 19.7 Å². The van der Waals surface area contributed by atoms with E-state index >= 15 is 0 Å². The van der Waals surface area contributed by atoms with Crippen LogP contribution in [0.4, 0.5) is 4.39 Å². The summed E-state index contributed by atoms with van der Waals surface area (Å²) in [4.78, 5) is 11.3. The van der Waals surface area contributed by atoms with E-state index in [0.29, 0.717) is 11.0 Å². The van der Waals surface area contributed by atoms with Gasteiger partial charge in [0.25, 0.3) is 0 Å². The molecule has 1 fully saturated rings. The van der Waals surface area contributed by atoms with Gasteiger partial charge in [-0.25, -0.2) is 4.39 Å². The zero-order valence-electron chi connectivity index (χ0n) is 14.6. The molecule has 2 N–H and O–H groups in total. The minimum atomic E-state index is -0.689. The van der Waals surface area contributed by atoms with Gasteiger partial charge in [0.05, 0.1) is 11.2 Å². The van der Waals surface area contributed by atoms with Crippen LogP contribution in [0.2, 0.25) is 0 Å². The van der Waals surface area contributed by atoms with Gasteiger partial charge in [0, 0.05) is 13.5 Å². The van der Waals surface area contributed by atoms with Crippen molar-refractivity contribution in [2.75, 3.05) is 6.54 Å². The summed E-state index contributed by atoms with van der Waals surface area (Å²) in [5.74, 6) is -1.30. The second-order valence-corrected chi connectivity index (χ2v) is 6.93. The lowest BCUT2D eigenvalue weighted by atomic mass is 9.77. The van der Waals surface area contributed by atoms with Gasteiger partial charge in [-0.1, -0.05) is 12.1 Å². The lowest BCUT2D eigenvalue weighted by molar-refractivity contribution is -0.118. The average molecular weight is 335 g/mol. The highest BCUT2D eigenvalue weighted by atomic mass is 19.1. The predicted octanol–water partition coefficient (Wildman–Crippen LogP) is 2.68. The second kappa shape index (κ2) is 6.57. The third kappa shape index (κ3) is 3.97. The van der Waals surface area contributed by atoms with Crippen molar-refractivity contribution in [2.45, 2.75) is 45.8 Å². The molecule has 0 unspecified atom stereocenters. The fourth-order valence-corrected chi connectivity index (χ4v) is 2.26. The van der Waals surface area contributed by atoms with Crippen LogP contribution < -0.4 is 5.32 Å². The van der Waals surface area contributed by atoms with Crippen LogP contribution in [-0.4, -0.2) is 35.9 Å². The van der Waals surface area contributed by atoms with Crippen LogP contribution in [-0.2, 0) is 14.1 Å². The maximum absolute atomic E-state index is 13.2. The number of halogens is 1. The Labute approximate surface area is 142 Å². The molecular weight excluding hydrogens is 312 g/mol. The van der Waals surface area contributed by atoms with Crippen LogP contribution in [0.15, 0.2) is 23.7 Å². The first-order valence-corrected chi connectivity index (χ1v) is 7.81. The Bertz CT molecular complexity index is 657. The lowest BCUT2D eigenvalue weighted by Crippen LogP contribution is -2.41. The molecule has 0 radical (unpaired) electrons. The number of phenolic OH excluding ortho intramolecular Hbond substituents is 1. The summed E-state index contributed by atoms with van der Waals surface area (Å²) >= 11 is 0. The summed E-state index contributed by atoms with van der Waals surface area (Å²) in [5.41, 5.74) is 0.231. The molecule has 0 aromatic heterocycles. The number of phenols is 1. The van der Waals surface area contributed by atoms with Crippen LogP contribution in [0.25, 0.3) is 6.08 Å². The van der Waals surface area contributed by atoms with E-state index in [1.165, 1.54) is 25.1 Å². The SMILES string of the molecule is CC(=O)NCC(=Cc1ccc(F)c(O)c1)B1OC(C)(C)C(C)(C)O1. The van der Waals surface area contributed by atoms with E-state index in [1.807, 2.05) is 27.7 Å². The molecule has 24 heavy (non-hydrogen) atoms. The lowest BCUT2D eigenvalue weighted by Gasteiger charge is -2.32. The number of carbonyl (C=O) groups excluding carboxylic acids is 1. The molecule has 1 aromatic carbocycles. The monoisotopic (exact) mass is 335 g/mol. The first-order valence-electron chi connectivity index (χ1n) is 7.81. The molecule has 5 nitrogen and oxygen atoms in total. The number of carbonyl (C=O) groups is 1. The van der Waals surface area contributed by atoms with Gasteiger partial charge in [-0.15, -0.1) is 0 Å². The van der Waals surface area contributed by atoms with E-state index in [4.69, 9.17) is 9.31 Å². The summed E-state index contributed by atoms with van der Waals surface area (Å²) in [6.45, 7) is 9.40. The van der Waals surface area contributed by atoms with Gasteiger partial charge in [-0.05, 0) is 50.9 Å². The van der Waals surface area contributed by atoms with Crippen LogP contribution in [0.1, 0.15) is 40.2 Å². The number of amides is 1. The smallest absolute Gasteiger partial charge is 0.492 e. The van der Waals surface area contributed by atoms with E-state index in [2.05, 4.69) is 5.32 Å². The number of hydrogen-bond acceptors (Lipinski definition) is 4. The van der Waals surface area contributed by atoms with E-state index in [0.717, 1.165) is 0 Å². The first kappa shape index (κ1) is 18.5. The van der Waals surface area contributed by atoms with Gasteiger partial charge in [-0.3, -0.25) is 4.79 Å². The molecule has 0 aliphatic carbocycles. The molecule has 0 saturated carbocycles. The second-order valence-electron chi connectivity index (χ2n) is 6.93. The maximum Gasteiger partial charge on any atom is 0.492 e. The number of nitrogens with one attached hydrogen (secondary N) is 1. The van der Waals surface area contributed by atoms with Gasteiger partial charge in [0.15, 0.2) is 11.6 Å². The Balaban J connectivity index is 2.33. The van der Waals surface area contributed by atoms with Crippen LogP contribution >= 0.6 is 0 Å². The van der Waals surface area contributed by atoms with E-state index in [1.54, 1.807) is 6.08 Å². The van der Waals surface area contributed by atoms with E-state index in [9.17, 15) is 14.3 Å². The zero-order valence-corrected chi connectivity index (χ0v) is 14.6. The molecule has 130 valence electrons. The molecule has 1 heterocycles. The largest absolute Gasteiger partial charge is 0.505 e. The fourth-order valence-electron chi connectivity index (χ4n) is 2.26. The predicted molar refractivity (Wildman–Crippen MR) is 90.8 cm³/mol. The van der Waals surface area contributed by atoms with Crippen molar-refractivity contribution < 1.29 is 23.6 Å². The maximum atomic E-state index is 13.2. The highest BCUT2D eigenvalue weighted by Crippen LogP contribution is 2.38. The zero-order chi connectivity index (χ0) is 18.1. The summed E-state index contributed by atoms with van der Waals surface area (Å²) in [7, 11) is -0.644. The fraction of sp³-hybridized carbons (Fsp3) is 0.471. The van der Waals surface area contributed by atoms with Crippen LogP contribution in [0.3, 0.4) is 0 Å². The topological polar surface area (TPSA) is 67.8 Å². The molecule has 7 heteroatoms.